The number of nitrogens with one attached hydrogen (secondary N) is 1. The summed E-state index contributed by atoms with van der Waals surface area (Å²) in [5, 5.41) is 3.18. The maximum absolute atomic E-state index is 12.2. The molecule has 20 heavy (non-hydrogen) atoms. The molecule has 0 atom stereocenters. The van der Waals surface area contributed by atoms with Gasteiger partial charge in [0.2, 0.25) is 10.0 Å². The first-order valence-electron chi connectivity index (χ1n) is 6.25. The molecule has 0 amide bonds. The van der Waals surface area contributed by atoms with Gasteiger partial charge in [-0.25, -0.2) is 12.7 Å². The third-order valence-electron chi connectivity index (χ3n) is 2.93. The van der Waals surface area contributed by atoms with Crippen LogP contribution in [0.3, 0.4) is 0 Å². The maximum atomic E-state index is 12.2. The molecule has 0 aliphatic rings. The Bertz CT molecular complexity index is 649. The normalized spacial score (nSPS) is 11.9. The van der Waals surface area contributed by atoms with Crippen LogP contribution < -0.4 is 5.32 Å². The van der Waals surface area contributed by atoms with Crippen LogP contribution in [0.15, 0.2) is 52.0 Å². The number of furan rings is 1. The van der Waals surface area contributed by atoms with Crippen molar-refractivity contribution in [3.8, 4) is 0 Å². The van der Waals surface area contributed by atoms with E-state index in [0.29, 0.717) is 18.0 Å². The molecule has 0 saturated heterocycles. The van der Waals surface area contributed by atoms with Gasteiger partial charge in [-0.15, -0.1) is 0 Å². The van der Waals surface area contributed by atoms with E-state index in [4.69, 9.17) is 4.42 Å². The lowest BCUT2D eigenvalue weighted by Gasteiger charge is -2.15. The monoisotopic (exact) mass is 294 g/mol. The van der Waals surface area contributed by atoms with Gasteiger partial charge in [0.25, 0.3) is 0 Å². The van der Waals surface area contributed by atoms with Crippen molar-refractivity contribution in [3.05, 3.63) is 54.0 Å². The highest BCUT2D eigenvalue weighted by molar-refractivity contribution is 7.89. The predicted molar refractivity (Wildman–Crippen MR) is 76.6 cm³/mol. The second-order valence-corrected chi connectivity index (χ2v) is 6.70. The van der Waals surface area contributed by atoms with Crippen LogP contribution in [0.2, 0.25) is 0 Å². The van der Waals surface area contributed by atoms with Crippen LogP contribution in [0.5, 0.6) is 0 Å². The zero-order valence-corrected chi connectivity index (χ0v) is 12.4. The van der Waals surface area contributed by atoms with Crippen molar-refractivity contribution < 1.29 is 12.8 Å². The largest absolute Gasteiger partial charge is 0.468 e. The minimum Gasteiger partial charge on any atom is -0.468 e. The van der Waals surface area contributed by atoms with Gasteiger partial charge in [-0.2, -0.15) is 0 Å². The summed E-state index contributed by atoms with van der Waals surface area (Å²) in [5.41, 5.74) is 0.743. The van der Waals surface area contributed by atoms with E-state index >= 15 is 0 Å². The van der Waals surface area contributed by atoms with Crippen LogP contribution in [0.25, 0.3) is 0 Å². The molecule has 0 spiro atoms. The fourth-order valence-corrected chi connectivity index (χ4v) is 2.95. The summed E-state index contributed by atoms with van der Waals surface area (Å²) in [6.45, 7) is 1.02. The number of benzene rings is 1. The van der Waals surface area contributed by atoms with Crippen LogP contribution in [0.1, 0.15) is 11.3 Å². The second kappa shape index (κ2) is 6.21. The van der Waals surface area contributed by atoms with Gasteiger partial charge in [0.1, 0.15) is 5.76 Å². The quantitative estimate of drug-likeness (QED) is 0.882. The fraction of sp³-hybridized carbons (Fsp3) is 0.286. The van der Waals surface area contributed by atoms with E-state index in [-0.39, 0.29) is 0 Å². The summed E-state index contributed by atoms with van der Waals surface area (Å²) < 4.78 is 30.9. The van der Waals surface area contributed by atoms with Crippen molar-refractivity contribution in [3.63, 3.8) is 0 Å². The van der Waals surface area contributed by atoms with Crippen molar-refractivity contribution in [2.75, 3.05) is 14.1 Å². The summed E-state index contributed by atoms with van der Waals surface area (Å²) in [6.07, 6.45) is 1.61. The molecule has 0 saturated carbocycles. The lowest BCUT2D eigenvalue weighted by molar-refractivity contribution is 0.481. The lowest BCUT2D eigenvalue weighted by atomic mass is 10.2. The molecule has 108 valence electrons. The van der Waals surface area contributed by atoms with Gasteiger partial charge in [-0.1, -0.05) is 18.2 Å². The Morgan fingerprint density at radius 2 is 1.85 bits per heavy atom. The Hall–Kier alpha value is -1.63. The number of rotatable bonds is 6. The second-order valence-electron chi connectivity index (χ2n) is 4.58. The number of hydrogen-bond acceptors (Lipinski definition) is 4. The van der Waals surface area contributed by atoms with Gasteiger partial charge < -0.3 is 9.73 Å². The Kier molecular flexibility index (Phi) is 4.59. The first kappa shape index (κ1) is 14.8. The van der Waals surface area contributed by atoms with E-state index in [9.17, 15) is 8.42 Å². The van der Waals surface area contributed by atoms with E-state index in [2.05, 4.69) is 5.32 Å². The highest BCUT2D eigenvalue weighted by Crippen LogP contribution is 2.18. The molecule has 0 fully saturated rings. The Morgan fingerprint density at radius 3 is 2.50 bits per heavy atom. The van der Waals surface area contributed by atoms with Gasteiger partial charge in [-0.05, 0) is 23.8 Å². The summed E-state index contributed by atoms with van der Waals surface area (Å²) in [6, 6.07) is 10.7. The highest BCUT2D eigenvalue weighted by atomic mass is 32.2. The van der Waals surface area contributed by atoms with Crippen LogP contribution >= 0.6 is 0 Å². The number of nitrogens with zero attached hydrogens (tertiary/aromatic N) is 1. The molecule has 1 aromatic heterocycles. The Labute approximate surface area is 119 Å². The van der Waals surface area contributed by atoms with Crippen molar-refractivity contribution in [2.45, 2.75) is 18.0 Å². The molecule has 0 radical (unpaired) electrons. The third-order valence-corrected chi connectivity index (χ3v) is 4.84. The molecular formula is C14H18N2O3S. The minimum atomic E-state index is -3.42. The topological polar surface area (TPSA) is 62.6 Å². The van der Waals surface area contributed by atoms with Crippen molar-refractivity contribution in [1.29, 1.82) is 0 Å². The molecular weight excluding hydrogens is 276 g/mol. The molecule has 1 aromatic carbocycles. The van der Waals surface area contributed by atoms with E-state index < -0.39 is 10.0 Å². The Balaban J connectivity index is 2.12. The molecule has 0 unspecified atom stereocenters. The van der Waals surface area contributed by atoms with Crippen molar-refractivity contribution in [1.82, 2.24) is 9.62 Å². The summed E-state index contributed by atoms with van der Waals surface area (Å²) >= 11 is 0. The average Bonchev–Trinajstić information content (AvgIpc) is 2.92. The fourth-order valence-electron chi connectivity index (χ4n) is 1.83. The standard InChI is InChI=1S/C14H18N2O3S/c1-16(2)20(17,18)14-8-4-3-6-12(14)10-15-11-13-7-5-9-19-13/h3-9,15H,10-11H2,1-2H3. The summed E-state index contributed by atoms with van der Waals surface area (Å²) in [5.74, 6) is 0.818. The number of hydrogen-bond donors (Lipinski definition) is 1. The molecule has 0 aliphatic heterocycles. The first-order chi connectivity index (χ1) is 9.51. The average molecular weight is 294 g/mol. The molecule has 1 heterocycles. The summed E-state index contributed by atoms with van der Waals surface area (Å²) in [7, 11) is -0.362. The molecule has 0 aliphatic carbocycles. The SMILES string of the molecule is CN(C)S(=O)(=O)c1ccccc1CNCc1ccco1. The predicted octanol–water partition coefficient (Wildman–Crippen LogP) is 1.82. The lowest BCUT2D eigenvalue weighted by Crippen LogP contribution is -2.24. The summed E-state index contributed by atoms with van der Waals surface area (Å²) in [4.78, 5) is 0.331. The molecule has 0 bridgehead atoms. The third kappa shape index (κ3) is 3.27. The van der Waals surface area contributed by atoms with Crippen LogP contribution in [-0.4, -0.2) is 26.8 Å². The maximum Gasteiger partial charge on any atom is 0.242 e. The zero-order chi connectivity index (χ0) is 14.6. The van der Waals surface area contributed by atoms with Gasteiger partial charge in [0, 0.05) is 20.6 Å². The van der Waals surface area contributed by atoms with Gasteiger partial charge in [0.15, 0.2) is 0 Å². The minimum absolute atomic E-state index is 0.331. The van der Waals surface area contributed by atoms with E-state index in [1.165, 1.54) is 18.4 Å². The molecule has 6 heteroatoms. The van der Waals surface area contributed by atoms with Crippen LogP contribution in [0, 0.1) is 0 Å². The van der Waals surface area contributed by atoms with Gasteiger partial charge in [0.05, 0.1) is 17.7 Å². The van der Waals surface area contributed by atoms with Gasteiger partial charge >= 0.3 is 0 Å². The van der Waals surface area contributed by atoms with Gasteiger partial charge in [-0.3, -0.25) is 0 Å². The zero-order valence-electron chi connectivity index (χ0n) is 11.5. The highest BCUT2D eigenvalue weighted by Gasteiger charge is 2.20. The molecule has 2 rings (SSSR count). The van der Waals surface area contributed by atoms with Crippen molar-refractivity contribution >= 4 is 10.0 Å². The molecule has 1 N–H and O–H groups in total. The van der Waals surface area contributed by atoms with Crippen molar-refractivity contribution in [2.24, 2.45) is 0 Å². The number of sulfonamides is 1. The van der Waals surface area contributed by atoms with E-state index in [1.807, 2.05) is 24.3 Å². The van der Waals surface area contributed by atoms with E-state index in [0.717, 1.165) is 11.3 Å². The van der Waals surface area contributed by atoms with E-state index in [1.54, 1.807) is 18.4 Å². The first-order valence-corrected chi connectivity index (χ1v) is 7.69. The Morgan fingerprint density at radius 1 is 1.10 bits per heavy atom. The molecule has 5 nitrogen and oxygen atoms in total. The smallest absolute Gasteiger partial charge is 0.242 e. The molecule has 2 aromatic rings. The van der Waals surface area contributed by atoms with Crippen LogP contribution in [-0.2, 0) is 23.1 Å². The van der Waals surface area contributed by atoms with Crippen LogP contribution in [0.4, 0.5) is 0 Å².